The maximum Gasteiger partial charge on any atom is 0.254 e. The number of carbonyl (C=O) groups excluding carboxylic acids is 1. The zero-order valence-corrected chi connectivity index (χ0v) is 13.6. The maximum absolute atomic E-state index is 12.3. The first-order chi connectivity index (χ1) is 11.2. The van der Waals surface area contributed by atoms with Crippen molar-refractivity contribution in [2.24, 2.45) is 5.92 Å². The third-order valence-corrected chi connectivity index (χ3v) is 4.52. The van der Waals surface area contributed by atoms with Gasteiger partial charge in [-0.1, -0.05) is 30.3 Å². The van der Waals surface area contributed by atoms with E-state index in [1.165, 1.54) is 12.0 Å². The molecule has 1 atom stereocenters. The minimum Gasteiger partial charge on any atom is -0.352 e. The molecule has 0 spiro atoms. The largest absolute Gasteiger partial charge is 0.352 e. The minimum absolute atomic E-state index is 0.0206. The summed E-state index contributed by atoms with van der Waals surface area (Å²) in [6.07, 6.45) is 3.92. The Kier molecular flexibility index (Phi) is 5.08. The lowest BCUT2D eigenvalue weighted by atomic mass is 10.1. The molecular formula is C18H24N4O. The van der Waals surface area contributed by atoms with Gasteiger partial charge in [-0.25, -0.2) is 0 Å². The molecule has 0 saturated carbocycles. The molecule has 1 aliphatic heterocycles. The van der Waals surface area contributed by atoms with E-state index in [0.29, 0.717) is 18.0 Å². The van der Waals surface area contributed by atoms with Crippen molar-refractivity contribution in [3.05, 3.63) is 53.3 Å². The van der Waals surface area contributed by atoms with Crippen molar-refractivity contribution in [1.82, 2.24) is 20.4 Å². The van der Waals surface area contributed by atoms with Gasteiger partial charge in [0.25, 0.3) is 5.91 Å². The molecule has 1 aromatic heterocycles. The van der Waals surface area contributed by atoms with E-state index in [-0.39, 0.29) is 5.91 Å². The molecule has 23 heavy (non-hydrogen) atoms. The van der Waals surface area contributed by atoms with Crippen LogP contribution in [-0.4, -0.2) is 35.3 Å². The average molecular weight is 312 g/mol. The second-order valence-electron chi connectivity index (χ2n) is 6.19. The average Bonchev–Trinajstić information content (AvgIpc) is 3.19. The van der Waals surface area contributed by atoms with Crippen LogP contribution in [0, 0.1) is 12.8 Å². The molecule has 1 unspecified atom stereocenters. The number of nitrogens with one attached hydrogen (secondary N) is 2. The molecule has 2 aromatic rings. The Bertz CT molecular complexity index is 644. The molecular weight excluding hydrogens is 288 g/mol. The molecule has 5 nitrogen and oxygen atoms in total. The summed E-state index contributed by atoms with van der Waals surface area (Å²) in [5.41, 5.74) is 2.76. The third-order valence-electron chi connectivity index (χ3n) is 4.52. The molecule has 2 heterocycles. The quantitative estimate of drug-likeness (QED) is 0.857. The summed E-state index contributed by atoms with van der Waals surface area (Å²) in [6.45, 7) is 5.54. The van der Waals surface area contributed by atoms with Gasteiger partial charge < -0.3 is 10.6 Å². The van der Waals surface area contributed by atoms with E-state index in [9.17, 15) is 4.79 Å². The van der Waals surface area contributed by atoms with Gasteiger partial charge in [0, 0.05) is 12.2 Å². The highest BCUT2D eigenvalue weighted by Gasteiger charge is 2.16. The summed E-state index contributed by atoms with van der Waals surface area (Å²) in [6, 6.07) is 10.2. The van der Waals surface area contributed by atoms with Crippen LogP contribution in [0.3, 0.4) is 0 Å². The van der Waals surface area contributed by atoms with Crippen LogP contribution in [0.4, 0.5) is 0 Å². The predicted molar refractivity (Wildman–Crippen MR) is 90.4 cm³/mol. The third kappa shape index (κ3) is 3.99. The van der Waals surface area contributed by atoms with Crippen molar-refractivity contribution in [3.8, 4) is 0 Å². The number of carbonyl (C=O) groups is 1. The molecule has 0 bridgehead atoms. The Hall–Kier alpha value is -2.14. The van der Waals surface area contributed by atoms with E-state index in [0.717, 1.165) is 31.7 Å². The van der Waals surface area contributed by atoms with Crippen molar-refractivity contribution in [2.75, 3.05) is 19.6 Å². The van der Waals surface area contributed by atoms with Gasteiger partial charge in [0.2, 0.25) is 0 Å². The van der Waals surface area contributed by atoms with E-state index in [1.54, 1.807) is 6.20 Å². The smallest absolute Gasteiger partial charge is 0.254 e. The molecule has 1 amide bonds. The Morgan fingerprint density at radius 3 is 2.96 bits per heavy atom. The lowest BCUT2D eigenvalue weighted by Gasteiger charge is -2.09. The molecule has 1 fully saturated rings. The van der Waals surface area contributed by atoms with Crippen LogP contribution in [-0.2, 0) is 6.54 Å². The minimum atomic E-state index is -0.0206. The van der Waals surface area contributed by atoms with Crippen molar-refractivity contribution in [3.63, 3.8) is 0 Å². The van der Waals surface area contributed by atoms with Crippen molar-refractivity contribution < 1.29 is 4.79 Å². The van der Waals surface area contributed by atoms with Gasteiger partial charge in [0.15, 0.2) is 0 Å². The summed E-state index contributed by atoms with van der Waals surface area (Å²) in [5.74, 6) is 0.671. The Balaban J connectivity index is 1.56. The van der Waals surface area contributed by atoms with E-state index >= 15 is 0 Å². The summed E-state index contributed by atoms with van der Waals surface area (Å²) in [4.78, 5) is 12.3. The molecule has 3 rings (SSSR count). The number of amides is 1. The molecule has 1 aliphatic rings. The Labute approximate surface area is 137 Å². The van der Waals surface area contributed by atoms with Gasteiger partial charge in [-0.3, -0.25) is 9.48 Å². The number of aromatic nitrogens is 2. The fourth-order valence-electron chi connectivity index (χ4n) is 3.03. The number of benzene rings is 1. The molecule has 1 aromatic carbocycles. The van der Waals surface area contributed by atoms with Gasteiger partial charge in [-0.2, -0.15) is 5.10 Å². The van der Waals surface area contributed by atoms with Crippen molar-refractivity contribution in [1.29, 1.82) is 0 Å². The molecule has 1 saturated heterocycles. The van der Waals surface area contributed by atoms with Gasteiger partial charge >= 0.3 is 0 Å². The van der Waals surface area contributed by atoms with Crippen LogP contribution in [0.5, 0.6) is 0 Å². The Morgan fingerprint density at radius 1 is 1.39 bits per heavy atom. The fraction of sp³-hybridized carbons (Fsp3) is 0.444. The van der Waals surface area contributed by atoms with Crippen LogP contribution < -0.4 is 10.6 Å². The van der Waals surface area contributed by atoms with Gasteiger partial charge in [0.05, 0.1) is 18.3 Å². The number of rotatable bonds is 6. The number of hydrogen-bond acceptors (Lipinski definition) is 3. The van der Waals surface area contributed by atoms with Crippen LogP contribution in [0.25, 0.3) is 0 Å². The predicted octanol–water partition coefficient (Wildman–Crippen LogP) is 1.97. The number of hydrogen-bond donors (Lipinski definition) is 2. The lowest BCUT2D eigenvalue weighted by Crippen LogP contribution is -2.26. The van der Waals surface area contributed by atoms with Crippen LogP contribution >= 0.6 is 0 Å². The van der Waals surface area contributed by atoms with Crippen LogP contribution in [0.15, 0.2) is 36.5 Å². The van der Waals surface area contributed by atoms with E-state index in [2.05, 4.69) is 27.9 Å². The fourth-order valence-corrected chi connectivity index (χ4v) is 3.03. The van der Waals surface area contributed by atoms with Gasteiger partial charge in [0.1, 0.15) is 0 Å². The van der Waals surface area contributed by atoms with Crippen LogP contribution in [0.2, 0.25) is 0 Å². The zero-order valence-electron chi connectivity index (χ0n) is 13.6. The van der Waals surface area contributed by atoms with Crippen molar-refractivity contribution in [2.45, 2.75) is 26.3 Å². The van der Waals surface area contributed by atoms with Gasteiger partial charge in [-0.05, 0) is 44.3 Å². The SMILES string of the molecule is Cc1c(C(=O)NCCC2CCNC2)cnn1Cc1ccccc1. The summed E-state index contributed by atoms with van der Waals surface area (Å²) < 4.78 is 1.88. The highest BCUT2D eigenvalue weighted by molar-refractivity contribution is 5.95. The normalized spacial score (nSPS) is 17.3. The molecule has 0 aliphatic carbocycles. The van der Waals surface area contributed by atoms with E-state index in [4.69, 9.17) is 0 Å². The molecule has 0 radical (unpaired) electrons. The topological polar surface area (TPSA) is 59.0 Å². The monoisotopic (exact) mass is 312 g/mol. The Morgan fingerprint density at radius 2 is 2.22 bits per heavy atom. The van der Waals surface area contributed by atoms with Crippen molar-refractivity contribution >= 4 is 5.91 Å². The van der Waals surface area contributed by atoms with Crippen LogP contribution in [0.1, 0.15) is 34.5 Å². The second-order valence-corrected chi connectivity index (χ2v) is 6.19. The molecule has 2 N–H and O–H groups in total. The molecule has 5 heteroatoms. The molecule has 122 valence electrons. The highest BCUT2D eigenvalue weighted by atomic mass is 16.1. The zero-order chi connectivity index (χ0) is 16.1. The lowest BCUT2D eigenvalue weighted by molar-refractivity contribution is 0.0951. The number of nitrogens with zero attached hydrogens (tertiary/aromatic N) is 2. The highest BCUT2D eigenvalue weighted by Crippen LogP contribution is 2.12. The summed E-state index contributed by atoms with van der Waals surface area (Å²) >= 11 is 0. The maximum atomic E-state index is 12.3. The first kappa shape index (κ1) is 15.7. The summed E-state index contributed by atoms with van der Waals surface area (Å²) in [7, 11) is 0. The standard InChI is InChI=1S/C18H24N4O/c1-14-17(18(23)20-10-8-15-7-9-19-11-15)12-21-22(14)13-16-5-3-2-4-6-16/h2-6,12,15,19H,7-11,13H2,1H3,(H,20,23). The van der Waals surface area contributed by atoms with E-state index < -0.39 is 0 Å². The first-order valence-corrected chi connectivity index (χ1v) is 8.29. The second kappa shape index (κ2) is 7.42. The van der Waals surface area contributed by atoms with Gasteiger partial charge in [-0.15, -0.1) is 0 Å². The summed E-state index contributed by atoms with van der Waals surface area (Å²) in [5, 5.41) is 10.7. The van der Waals surface area contributed by atoms with E-state index in [1.807, 2.05) is 29.8 Å². The first-order valence-electron chi connectivity index (χ1n) is 8.29.